The van der Waals surface area contributed by atoms with E-state index in [9.17, 15) is 9.59 Å². The van der Waals surface area contributed by atoms with Gasteiger partial charge in [-0.3, -0.25) is 9.59 Å². The number of rotatable bonds is 5. The Kier molecular flexibility index (Phi) is 5.19. The lowest BCUT2D eigenvalue weighted by Crippen LogP contribution is -2.18. The fourth-order valence-electron chi connectivity index (χ4n) is 2.16. The first-order valence-corrected chi connectivity index (χ1v) is 5.54. The molecule has 0 radical (unpaired) electrons. The van der Waals surface area contributed by atoms with Crippen molar-refractivity contribution in [1.29, 1.82) is 0 Å². The quantitative estimate of drug-likeness (QED) is 0.563. The standard InChI is InChI=1S/C12H18O4/c1-16-12(15)8-9-5-6-11(14)10(9)4-2-3-7-13/h2-3,9-10,13H,4-8H2,1H3/b3-2-/t9-,10-/m1/s1. The number of aliphatic hydroxyl groups excluding tert-OH is 1. The van der Waals surface area contributed by atoms with Crippen LogP contribution in [0, 0.1) is 11.8 Å². The molecule has 1 rings (SSSR count). The topological polar surface area (TPSA) is 63.6 Å². The summed E-state index contributed by atoms with van der Waals surface area (Å²) in [6.07, 6.45) is 5.69. The van der Waals surface area contributed by atoms with E-state index in [-0.39, 0.29) is 30.2 Å². The van der Waals surface area contributed by atoms with Gasteiger partial charge >= 0.3 is 5.97 Å². The van der Waals surface area contributed by atoms with Crippen molar-refractivity contribution >= 4 is 11.8 Å². The Morgan fingerprint density at radius 2 is 2.31 bits per heavy atom. The molecule has 0 bridgehead atoms. The largest absolute Gasteiger partial charge is 0.469 e. The third-order valence-electron chi connectivity index (χ3n) is 3.06. The highest BCUT2D eigenvalue weighted by Gasteiger charge is 2.34. The van der Waals surface area contributed by atoms with Crippen LogP contribution >= 0.6 is 0 Å². The minimum Gasteiger partial charge on any atom is -0.469 e. The molecule has 1 aliphatic carbocycles. The molecule has 0 heterocycles. The van der Waals surface area contributed by atoms with E-state index in [0.717, 1.165) is 6.42 Å². The van der Waals surface area contributed by atoms with Crippen molar-refractivity contribution in [2.45, 2.75) is 25.7 Å². The van der Waals surface area contributed by atoms with Gasteiger partial charge in [-0.25, -0.2) is 0 Å². The Morgan fingerprint density at radius 1 is 1.56 bits per heavy atom. The molecule has 90 valence electrons. The third kappa shape index (κ3) is 3.45. The number of ketones is 1. The van der Waals surface area contributed by atoms with Crippen molar-refractivity contribution in [1.82, 2.24) is 0 Å². The van der Waals surface area contributed by atoms with Crippen LogP contribution in [0.25, 0.3) is 0 Å². The Balaban J connectivity index is 2.52. The molecule has 0 spiro atoms. The predicted octanol–water partition coefficient (Wildman–Crippen LogP) is 1.08. The molecule has 1 fully saturated rings. The number of ether oxygens (including phenoxy) is 1. The third-order valence-corrected chi connectivity index (χ3v) is 3.06. The van der Waals surface area contributed by atoms with Gasteiger partial charge in [0.05, 0.1) is 13.7 Å². The normalized spacial score (nSPS) is 25.2. The summed E-state index contributed by atoms with van der Waals surface area (Å²) in [5.41, 5.74) is 0. The average molecular weight is 226 g/mol. The maximum absolute atomic E-state index is 11.6. The van der Waals surface area contributed by atoms with Crippen LogP contribution in [-0.4, -0.2) is 30.6 Å². The van der Waals surface area contributed by atoms with Crippen LogP contribution in [0.4, 0.5) is 0 Å². The predicted molar refractivity (Wildman–Crippen MR) is 58.7 cm³/mol. The van der Waals surface area contributed by atoms with E-state index in [0.29, 0.717) is 19.3 Å². The van der Waals surface area contributed by atoms with E-state index in [4.69, 9.17) is 5.11 Å². The number of methoxy groups -OCH3 is 1. The molecule has 2 atom stereocenters. The second kappa shape index (κ2) is 6.43. The smallest absolute Gasteiger partial charge is 0.305 e. The van der Waals surface area contributed by atoms with E-state index >= 15 is 0 Å². The van der Waals surface area contributed by atoms with E-state index < -0.39 is 0 Å². The summed E-state index contributed by atoms with van der Waals surface area (Å²) in [5.74, 6) is -0.0162. The molecule has 16 heavy (non-hydrogen) atoms. The van der Waals surface area contributed by atoms with Crippen molar-refractivity contribution in [3.63, 3.8) is 0 Å². The monoisotopic (exact) mass is 226 g/mol. The fourth-order valence-corrected chi connectivity index (χ4v) is 2.16. The maximum atomic E-state index is 11.6. The lowest BCUT2D eigenvalue weighted by molar-refractivity contribution is -0.142. The number of hydrogen-bond donors (Lipinski definition) is 1. The van der Waals surface area contributed by atoms with Gasteiger partial charge in [-0.15, -0.1) is 0 Å². The van der Waals surface area contributed by atoms with Gasteiger partial charge in [-0.2, -0.15) is 0 Å². The molecule has 0 aromatic rings. The van der Waals surface area contributed by atoms with E-state index in [1.54, 1.807) is 12.2 Å². The van der Waals surface area contributed by atoms with Crippen LogP contribution in [-0.2, 0) is 14.3 Å². The molecule has 0 aromatic heterocycles. The molecular formula is C12H18O4. The summed E-state index contributed by atoms with van der Waals surface area (Å²) in [4.78, 5) is 22.8. The van der Waals surface area contributed by atoms with Crippen LogP contribution < -0.4 is 0 Å². The Labute approximate surface area is 95.3 Å². The molecule has 1 aliphatic rings. The molecule has 1 saturated carbocycles. The minimum absolute atomic E-state index is 0.0113. The first-order chi connectivity index (χ1) is 7.69. The first-order valence-electron chi connectivity index (χ1n) is 5.54. The van der Waals surface area contributed by atoms with Crippen molar-refractivity contribution < 1.29 is 19.4 Å². The van der Waals surface area contributed by atoms with Gasteiger partial charge < -0.3 is 9.84 Å². The number of hydrogen-bond acceptors (Lipinski definition) is 4. The molecular weight excluding hydrogens is 208 g/mol. The molecule has 4 heteroatoms. The Hall–Kier alpha value is -1.16. The SMILES string of the molecule is COC(=O)C[C@H]1CCC(=O)[C@@H]1C/C=C\CO. The Morgan fingerprint density at radius 3 is 2.94 bits per heavy atom. The van der Waals surface area contributed by atoms with Crippen molar-refractivity contribution in [2.24, 2.45) is 11.8 Å². The van der Waals surface area contributed by atoms with Crippen LogP contribution in [0.1, 0.15) is 25.7 Å². The molecule has 1 N–H and O–H groups in total. The fraction of sp³-hybridized carbons (Fsp3) is 0.667. The van der Waals surface area contributed by atoms with E-state index in [1.165, 1.54) is 7.11 Å². The second-order valence-corrected chi connectivity index (χ2v) is 4.04. The molecule has 0 aromatic carbocycles. The number of carbonyl (C=O) groups is 2. The number of Topliss-reactive ketones (excluding diaryl/α,β-unsaturated/α-hetero) is 1. The van der Waals surface area contributed by atoms with Gasteiger partial charge in [0.25, 0.3) is 0 Å². The maximum Gasteiger partial charge on any atom is 0.305 e. The van der Waals surface area contributed by atoms with Crippen LogP contribution in [0.3, 0.4) is 0 Å². The number of allylic oxidation sites excluding steroid dienone is 1. The summed E-state index contributed by atoms with van der Waals surface area (Å²) in [5, 5.41) is 8.61. The van der Waals surface area contributed by atoms with E-state index in [2.05, 4.69) is 4.74 Å². The van der Waals surface area contributed by atoms with E-state index in [1.807, 2.05) is 0 Å². The highest BCUT2D eigenvalue weighted by molar-refractivity contribution is 5.84. The first kappa shape index (κ1) is 12.9. The molecule has 0 amide bonds. The highest BCUT2D eigenvalue weighted by atomic mass is 16.5. The van der Waals surface area contributed by atoms with Gasteiger partial charge in [-0.05, 0) is 18.8 Å². The summed E-state index contributed by atoms with van der Waals surface area (Å²) >= 11 is 0. The zero-order valence-electron chi connectivity index (χ0n) is 9.52. The zero-order chi connectivity index (χ0) is 12.0. The van der Waals surface area contributed by atoms with Gasteiger partial charge in [0.1, 0.15) is 5.78 Å². The van der Waals surface area contributed by atoms with Crippen molar-refractivity contribution in [3.8, 4) is 0 Å². The highest BCUT2D eigenvalue weighted by Crippen LogP contribution is 2.34. The number of aliphatic hydroxyl groups is 1. The summed E-state index contributed by atoms with van der Waals surface area (Å²) in [6, 6.07) is 0. The molecule has 0 aliphatic heterocycles. The van der Waals surface area contributed by atoms with Gasteiger partial charge in [0.15, 0.2) is 0 Å². The Bertz CT molecular complexity index is 283. The van der Waals surface area contributed by atoms with Gasteiger partial charge in [-0.1, -0.05) is 12.2 Å². The summed E-state index contributed by atoms with van der Waals surface area (Å²) in [6.45, 7) is -0.0113. The molecule has 0 unspecified atom stereocenters. The lowest BCUT2D eigenvalue weighted by atomic mass is 9.89. The van der Waals surface area contributed by atoms with Crippen molar-refractivity contribution in [3.05, 3.63) is 12.2 Å². The average Bonchev–Trinajstić information content (AvgIpc) is 2.61. The molecule has 4 nitrogen and oxygen atoms in total. The summed E-state index contributed by atoms with van der Waals surface area (Å²) in [7, 11) is 1.36. The minimum atomic E-state index is -0.254. The molecule has 0 saturated heterocycles. The van der Waals surface area contributed by atoms with Crippen LogP contribution in [0.5, 0.6) is 0 Å². The van der Waals surface area contributed by atoms with Crippen LogP contribution in [0.2, 0.25) is 0 Å². The zero-order valence-corrected chi connectivity index (χ0v) is 9.52. The van der Waals surface area contributed by atoms with Crippen molar-refractivity contribution in [2.75, 3.05) is 13.7 Å². The number of esters is 1. The number of carbonyl (C=O) groups excluding carboxylic acids is 2. The second-order valence-electron chi connectivity index (χ2n) is 4.04. The van der Waals surface area contributed by atoms with Gasteiger partial charge in [0.2, 0.25) is 0 Å². The van der Waals surface area contributed by atoms with Crippen LogP contribution in [0.15, 0.2) is 12.2 Å². The summed E-state index contributed by atoms with van der Waals surface area (Å²) < 4.78 is 4.61. The van der Waals surface area contributed by atoms with Gasteiger partial charge in [0, 0.05) is 18.8 Å². The lowest BCUT2D eigenvalue weighted by Gasteiger charge is -2.15.